The summed E-state index contributed by atoms with van der Waals surface area (Å²) in [6.45, 7) is 4.14. The van der Waals surface area contributed by atoms with E-state index in [1.54, 1.807) is 18.3 Å². The van der Waals surface area contributed by atoms with Crippen molar-refractivity contribution >= 4 is 17.4 Å². The normalized spacial score (nSPS) is 19.9. The number of carbonyl (C=O) groups is 1. The van der Waals surface area contributed by atoms with Crippen molar-refractivity contribution in [2.45, 2.75) is 32.2 Å². The second-order valence-corrected chi connectivity index (χ2v) is 4.65. The van der Waals surface area contributed by atoms with Crippen molar-refractivity contribution in [3.05, 3.63) is 18.3 Å². The number of carbonyl (C=O) groups excluding carboxylic acids is 1. The summed E-state index contributed by atoms with van der Waals surface area (Å²) in [6, 6.07) is 3.47. The average Bonchev–Trinajstić information content (AvgIpc) is 2.81. The first-order chi connectivity index (χ1) is 8.70. The van der Waals surface area contributed by atoms with Crippen molar-refractivity contribution in [1.82, 2.24) is 9.88 Å². The molecule has 98 valence electrons. The lowest BCUT2D eigenvalue weighted by atomic mass is 10.2. The van der Waals surface area contributed by atoms with Crippen LogP contribution < -0.4 is 11.1 Å². The molecule has 5 nitrogen and oxygen atoms in total. The number of likely N-dealkylation sites (tertiary alicyclic amines) is 1. The summed E-state index contributed by atoms with van der Waals surface area (Å²) in [4.78, 5) is 18.4. The van der Waals surface area contributed by atoms with E-state index in [-0.39, 0.29) is 11.9 Å². The standard InChI is InChI=1S/C13H20N4O/c1-2-7-17-8-3-4-11(17)13(18)16-10-5-6-12(14)15-9-10/h5-6,9,11H,2-4,7-8H2,1H3,(H2,14,15)(H,16,18). The van der Waals surface area contributed by atoms with Crippen LogP contribution in [0.15, 0.2) is 18.3 Å². The fraction of sp³-hybridized carbons (Fsp3) is 0.538. The number of aromatic nitrogens is 1. The quantitative estimate of drug-likeness (QED) is 0.846. The lowest BCUT2D eigenvalue weighted by Crippen LogP contribution is -2.39. The SMILES string of the molecule is CCCN1CCCC1C(=O)Nc1ccc(N)nc1. The zero-order valence-electron chi connectivity index (χ0n) is 10.7. The number of nitrogens with two attached hydrogens (primary N) is 1. The van der Waals surface area contributed by atoms with E-state index < -0.39 is 0 Å². The van der Waals surface area contributed by atoms with E-state index >= 15 is 0 Å². The first-order valence-electron chi connectivity index (χ1n) is 6.47. The van der Waals surface area contributed by atoms with E-state index in [0.717, 1.165) is 32.4 Å². The van der Waals surface area contributed by atoms with E-state index in [4.69, 9.17) is 5.73 Å². The fourth-order valence-corrected chi connectivity index (χ4v) is 2.38. The number of hydrogen-bond acceptors (Lipinski definition) is 4. The minimum absolute atomic E-state index is 0.00232. The molecule has 1 atom stereocenters. The minimum Gasteiger partial charge on any atom is -0.384 e. The van der Waals surface area contributed by atoms with Gasteiger partial charge in [-0.05, 0) is 44.5 Å². The summed E-state index contributed by atoms with van der Waals surface area (Å²) in [5.74, 6) is 0.522. The van der Waals surface area contributed by atoms with Crippen LogP contribution in [0.2, 0.25) is 0 Å². The molecule has 1 aromatic rings. The molecule has 0 bridgehead atoms. The molecule has 0 spiro atoms. The largest absolute Gasteiger partial charge is 0.384 e. The molecular formula is C13H20N4O. The maximum Gasteiger partial charge on any atom is 0.241 e. The summed E-state index contributed by atoms with van der Waals surface area (Å²) in [7, 11) is 0. The third kappa shape index (κ3) is 2.98. The van der Waals surface area contributed by atoms with E-state index in [2.05, 4.69) is 22.1 Å². The smallest absolute Gasteiger partial charge is 0.241 e. The fourth-order valence-electron chi connectivity index (χ4n) is 2.38. The van der Waals surface area contributed by atoms with Gasteiger partial charge in [-0.15, -0.1) is 0 Å². The summed E-state index contributed by atoms with van der Waals surface area (Å²) < 4.78 is 0. The van der Waals surface area contributed by atoms with Gasteiger partial charge in [0.25, 0.3) is 0 Å². The number of hydrogen-bond donors (Lipinski definition) is 2. The van der Waals surface area contributed by atoms with Crippen LogP contribution in [0.25, 0.3) is 0 Å². The van der Waals surface area contributed by atoms with Crippen molar-refractivity contribution in [1.29, 1.82) is 0 Å². The lowest BCUT2D eigenvalue weighted by molar-refractivity contribution is -0.120. The number of rotatable bonds is 4. The van der Waals surface area contributed by atoms with Crippen molar-refractivity contribution in [2.24, 2.45) is 0 Å². The average molecular weight is 248 g/mol. The Morgan fingerprint density at radius 1 is 1.61 bits per heavy atom. The Hall–Kier alpha value is -1.62. The third-order valence-corrected chi connectivity index (χ3v) is 3.23. The van der Waals surface area contributed by atoms with Crippen LogP contribution in [0.1, 0.15) is 26.2 Å². The second-order valence-electron chi connectivity index (χ2n) is 4.65. The third-order valence-electron chi connectivity index (χ3n) is 3.23. The molecule has 0 radical (unpaired) electrons. The zero-order chi connectivity index (χ0) is 13.0. The maximum atomic E-state index is 12.2. The van der Waals surface area contributed by atoms with Crippen LogP contribution in [-0.2, 0) is 4.79 Å². The molecule has 2 rings (SSSR count). The van der Waals surface area contributed by atoms with Gasteiger partial charge in [-0.1, -0.05) is 6.92 Å². The molecule has 18 heavy (non-hydrogen) atoms. The monoisotopic (exact) mass is 248 g/mol. The number of amides is 1. The highest BCUT2D eigenvalue weighted by atomic mass is 16.2. The molecule has 3 N–H and O–H groups in total. The van der Waals surface area contributed by atoms with Crippen LogP contribution in [0, 0.1) is 0 Å². The Labute approximate surface area is 107 Å². The van der Waals surface area contributed by atoms with Crippen molar-refractivity contribution in [3.63, 3.8) is 0 Å². The van der Waals surface area contributed by atoms with Gasteiger partial charge in [0.15, 0.2) is 0 Å². The van der Waals surface area contributed by atoms with Gasteiger partial charge in [0, 0.05) is 0 Å². The van der Waals surface area contributed by atoms with Gasteiger partial charge in [-0.25, -0.2) is 4.98 Å². The molecular weight excluding hydrogens is 228 g/mol. The molecule has 1 saturated heterocycles. The summed E-state index contributed by atoms with van der Waals surface area (Å²) in [5, 5.41) is 2.90. The topological polar surface area (TPSA) is 71.2 Å². The van der Waals surface area contributed by atoms with Crippen LogP contribution in [0.4, 0.5) is 11.5 Å². The zero-order valence-corrected chi connectivity index (χ0v) is 10.7. The molecule has 1 unspecified atom stereocenters. The predicted octanol–water partition coefficient (Wildman–Crippen LogP) is 1.48. The summed E-state index contributed by atoms with van der Waals surface area (Å²) in [6.07, 6.45) is 4.70. The van der Waals surface area contributed by atoms with Gasteiger partial charge < -0.3 is 11.1 Å². The molecule has 0 aromatic carbocycles. The molecule has 1 aliphatic rings. The van der Waals surface area contributed by atoms with Crippen LogP contribution in [0.5, 0.6) is 0 Å². The maximum absolute atomic E-state index is 12.2. The van der Waals surface area contributed by atoms with Crippen LogP contribution >= 0.6 is 0 Å². The molecule has 0 saturated carbocycles. The van der Waals surface area contributed by atoms with Gasteiger partial charge in [-0.3, -0.25) is 9.69 Å². The van der Waals surface area contributed by atoms with Gasteiger partial charge in [0.05, 0.1) is 17.9 Å². The second kappa shape index (κ2) is 5.82. The number of nitrogens with zero attached hydrogens (tertiary/aromatic N) is 2. The summed E-state index contributed by atoms with van der Waals surface area (Å²) in [5.41, 5.74) is 6.22. The number of nitrogen functional groups attached to an aromatic ring is 1. The highest BCUT2D eigenvalue weighted by Crippen LogP contribution is 2.19. The van der Waals surface area contributed by atoms with E-state index in [1.165, 1.54) is 0 Å². The Morgan fingerprint density at radius 2 is 2.44 bits per heavy atom. The first-order valence-corrected chi connectivity index (χ1v) is 6.47. The van der Waals surface area contributed by atoms with Crippen molar-refractivity contribution in [2.75, 3.05) is 24.1 Å². The van der Waals surface area contributed by atoms with Crippen molar-refractivity contribution < 1.29 is 4.79 Å². The van der Waals surface area contributed by atoms with E-state index in [1.807, 2.05) is 0 Å². The number of nitrogens with one attached hydrogen (secondary N) is 1. The lowest BCUT2D eigenvalue weighted by Gasteiger charge is -2.22. The molecule has 1 aliphatic heterocycles. The molecule has 1 aromatic heterocycles. The van der Waals surface area contributed by atoms with Gasteiger partial charge >= 0.3 is 0 Å². The van der Waals surface area contributed by atoms with Crippen LogP contribution in [-0.4, -0.2) is 34.9 Å². The summed E-state index contributed by atoms with van der Waals surface area (Å²) >= 11 is 0. The number of anilines is 2. The molecule has 1 fully saturated rings. The Kier molecular flexibility index (Phi) is 4.15. The van der Waals surface area contributed by atoms with Gasteiger partial charge in [-0.2, -0.15) is 0 Å². The first kappa shape index (κ1) is 12.8. The highest BCUT2D eigenvalue weighted by Gasteiger charge is 2.29. The Bertz CT molecular complexity index is 404. The molecule has 0 aliphatic carbocycles. The van der Waals surface area contributed by atoms with Crippen molar-refractivity contribution in [3.8, 4) is 0 Å². The Morgan fingerprint density at radius 3 is 3.11 bits per heavy atom. The highest BCUT2D eigenvalue weighted by molar-refractivity contribution is 5.94. The predicted molar refractivity (Wildman–Crippen MR) is 72.2 cm³/mol. The molecule has 5 heteroatoms. The number of pyridine rings is 1. The minimum atomic E-state index is 0.00232. The van der Waals surface area contributed by atoms with E-state index in [0.29, 0.717) is 11.5 Å². The molecule has 2 heterocycles. The van der Waals surface area contributed by atoms with Gasteiger partial charge in [0.2, 0.25) is 5.91 Å². The van der Waals surface area contributed by atoms with E-state index in [9.17, 15) is 4.79 Å². The Balaban J connectivity index is 1.96. The van der Waals surface area contributed by atoms with Crippen LogP contribution in [0.3, 0.4) is 0 Å². The molecule has 1 amide bonds. The van der Waals surface area contributed by atoms with Gasteiger partial charge in [0.1, 0.15) is 5.82 Å².